The van der Waals surface area contributed by atoms with Crippen LogP contribution in [-0.2, 0) is 0 Å². The summed E-state index contributed by atoms with van der Waals surface area (Å²) >= 11 is 0. The molecule has 1 atom stereocenters. The maximum atomic E-state index is 5.56. The molecule has 1 aromatic carbocycles. The molecule has 1 N–H and O–H groups in total. The fourth-order valence-electron chi connectivity index (χ4n) is 2.25. The first kappa shape index (κ1) is 14.3. The van der Waals surface area contributed by atoms with Crippen molar-refractivity contribution >= 4 is 0 Å². The predicted octanol–water partition coefficient (Wildman–Crippen LogP) is 2.80. The monoisotopic (exact) mass is 272 g/mol. The number of methoxy groups -OCH3 is 1. The van der Waals surface area contributed by atoms with E-state index in [9.17, 15) is 0 Å². The lowest BCUT2D eigenvalue weighted by Crippen LogP contribution is -2.18. The van der Waals surface area contributed by atoms with Crippen molar-refractivity contribution in [3.63, 3.8) is 0 Å². The van der Waals surface area contributed by atoms with Gasteiger partial charge in [-0.15, -0.1) is 0 Å². The SMILES string of the molecule is CCOc1cccc(C(NC)c2cccnc2OC)c1. The molecule has 4 heteroatoms. The van der Waals surface area contributed by atoms with Crippen LogP contribution in [0, 0.1) is 0 Å². The normalized spacial score (nSPS) is 11.9. The summed E-state index contributed by atoms with van der Waals surface area (Å²) in [5, 5.41) is 3.30. The molecule has 2 rings (SSSR count). The van der Waals surface area contributed by atoms with Crippen molar-refractivity contribution in [3.05, 3.63) is 53.7 Å². The first-order valence-electron chi connectivity index (χ1n) is 6.69. The van der Waals surface area contributed by atoms with Gasteiger partial charge < -0.3 is 14.8 Å². The molecule has 4 nitrogen and oxygen atoms in total. The van der Waals surface area contributed by atoms with Gasteiger partial charge in [0.15, 0.2) is 0 Å². The van der Waals surface area contributed by atoms with Gasteiger partial charge in [-0.25, -0.2) is 4.98 Å². The summed E-state index contributed by atoms with van der Waals surface area (Å²) in [4.78, 5) is 4.26. The third-order valence-electron chi connectivity index (χ3n) is 3.10. The molecule has 1 heterocycles. The van der Waals surface area contributed by atoms with E-state index < -0.39 is 0 Å². The molecule has 0 amide bonds. The van der Waals surface area contributed by atoms with Crippen LogP contribution in [0.5, 0.6) is 11.6 Å². The summed E-state index contributed by atoms with van der Waals surface area (Å²) in [6.45, 7) is 2.64. The highest BCUT2D eigenvalue weighted by atomic mass is 16.5. The number of aromatic nitrogens is 1. The van der Waals surface area contributed by atoms with E-state index >= 15 is 0 Å². The Bertz CT molecular complexity index is 558. The van der Waals surface area contributed by atoms with Gasteiger partial charge in [0.25, 0.3) is 0 Å². The summed E-state index contributed by atoms with van der Waals surface area (Å²) in [5.41, 5.74) is 2.12. The Morgan fingerprint density at radius 2 is 2.10 bits per heavy atom. The van der Waals surface area contributed by atoms with Gasteiger partial charge in [-0.3, -0.25) is 0 Å². The van der Waals surface area contributed by atoms with Crippen LogP contribution in [0.25, 0.3) is 0 Å². The topological polar surface area (TPSA) is 43.4 Å². The predicted molar refractivity (Wildman–Crippen MR) is 79.3 cm³/mol. The van der Waals surface area contributed by atoms with E-state index in [1.54, 1.807) is 13.3 Å². The quantitative estimate of drug-likeness (QED) is 0.878. The number of pyridine rings is 1. The fourth-order valence-corrected chi connectivity index (χ4v) is 2.25. The van der Waals surface area contributed by atoms with Gasteiger partial charge >= 0.3 is 0 Å². The number of nitrogens with one attached hydrogen (secondary N) is 1. The van der Waals surface area contributed by atoms with Crippen LogP contribution in [-0.4, -0.2) is 25.7 Å². The Morgan fingerprint density at radius 3 is 2.80 bits per heavy atom. The molecule has 1 aromatic heterocycles. The number of hydrogen-bond acceptors (Lipinski definition) is 4. The zero-order valence-electron chi connectivity index (χ0n) is 12.1. The minimum Gasteiger partial charge on any atom is -0.494 e. The van der Waals surface area contributed by atoms with E-state index in [-0.39, 0.29) is 6.04 Å². The van der Waals surface area contributed by atoms with E-state index in [4.69, 9.17) is 9.47 Å². The van der Waals surface area contributed by atoms with Crippen LogP contribution in [0.15, 0.2) is 42.6 Å². The molecule has 0 spiro atoms. The minimum absolute atomic E-state index is 0.0130. The smallest absolute Gasteiger partial charge is 0.218 e. The molecule has 20 heavy (non-hydrogen) atoms. The maximum Gasteiger partial charge on any atom is 0.218 e. The average molecular weight is 272 g/mol. The van der Waals surface area contributed by atoms with Gasteiger partial charge in [0.2, 0.25) is 5.88 Å². The van der Waals surface area contributed by atoms with Gasteiger partial charge in [-0.05, 0) is 37.7 Å². The molecule has 0 saturated carbocycles. The summed E-state index contributed by atoms with van der Waals surface area (Å²) in [5.74, 6) is 1.50. The molecule has 0 aliphatic carbocycles. The molecular formula is C16H20N2O2. The van der Waals surface area contributed by atoms with Crippen LogP contribution in [0.3, 0.4) is 0 Å². The summed E-state index contributed by atoms with van der Waals surface area (Å²) < 4.78 is 10.9. The molecule has 0 radical (unpaired) electrons. The van der Waals surface area contributed by atoms with Crippen molar-refractivity contribution in [3.8, 4) is 11.6 Å². The zero-order chi connectivity index (χ0) is 14.4. The zero-order valence-corrected chi connectivity index (χ0v) is 12.1. The Labute approximate surface area is 119 Å². The number of ether oxygens (including phenoxy) is 2. The molecule has 0 fully saturated rings. The van der Waals surface area contributed by atoms with Crippen molar-refractivity contribution in [1.29, 1.82) is 0 Å². The Balaban J connectivity index is 2.39. The van der Waals surface area contributed by atoms with Gasteiger partial charge in [-0.2, -0.15) is 0 Å². The van der Waals surface area contributed by atoms with Gasteiger partial charge in [0.1, 0.15) is 5.75 Å². The molecule has 2 aromatic rings. The summed E-state index contributed by atoms with van der Waals surface area (Å²) in [6, 6.07) is 12.0. The van der Waals surface area contributed by atoms with Gasteiger partial charge in [0.05, 0.1) is 19.8 Å². The number of nitrogens with zero attached hydrogens (tertiary/aromatic N) is 1. The highest BCUT2D eigenvalue weighted by Crippen LogP contribution is 2.29. The van der Waals surface area contributed by atoms with Crippen LogP contribution in [0.2, 0.25) is 0 Å². The van der Waals surface area contributed by atoms with Crippen molar-refractivity contribution in [1.82, 2.24) is 10.3 Å². The Hall–Kier alpha value is -2.07. The lowest BCUT2D eigenvalue weighted by atomic mass is 9.99. The number of benzene rings is 1. The largest absolute Gasteiger partial charge is 0.494 e. The third kappa shape index (κ3) is 3.08. The molecule has 1 unspecified atom stereocenters. The first-order valence-corrected chi connectivity index (χ1v) is 6.69. The second-order valence-electron chi connectivity index (χ2n) is 4.33. The van der Waals surface area contributed by atoms with E-state index in [0.717, 1.165) is 16.9 Å². The van der Waals surface area contributed by atoms with Crippen LogP contribution < -0.4 is 14.8 Å². The van der Waals surface area contributed by atoms with E-state index in [0.29, 0.717) is 12.5 Å². The standard InChI is InChI=1S/C16H20N2O2/c1-4-20-13-8-5-7-12(11-13)15(17-2)14-9-6-10-18-16(14)19-3/h5-11,15,17H,4H2,1-3H3. The van der Waals surface area contributed by atoms with E-state index in [1.165, 1.54) is 0 Å². The highest BCUT2D eigenvalue weighted by molar-refractivity contribution is 5.40. The van der Waals surface area contributed by atoms with Crippen LogP contribution >= 0.6 is 0 Å². The molecular weight excluding hydrogens is 252 g/mol. The van der Waals surface area contributed by atoms with E-state index in [1.807, 2.05) is 44.3 Å². The Morgan fingerprint density at radius 1 is 1.25 bits per heavy atom. The van der Waals surface area contributed by atoms with E-state index in [2.05, 4.69) is 16.4 Å². The number of rotatable bonds is 6. The molecule has 0 aliphatic heterocycles. The fraction of sp³-hybridized carbons (Fsp3) is 0.312. The molecule has 0 aliphatic rings. The summed E-state index contributed by atoms with van der Waals surface area (Å²) in [6.07, 6.45) is 1.73. The molecule has 0 bridgehead atoms. The lowest BCUT2D eigenvalue weighted by molar-refractivity contribution is 0.339. The maximum absolute atomic E-state index is 5.56. The van der Waals surface area contributed by atoms with Crippen molar-refractivity contribution in [2.75, 3.05) is 20.8 Å². The van der Waals surface area contributed by atoms with Crippen molar-refractivity contribution in [2.24, 2.45) is 0 Å². The second kappa shape index (κ2) is 6.91. The summed E-state index contributed by atoms with van der Waals surface area (Å²) in [7, 11) is 3.56. The molecule has 0 saturated heterocycles. The van der Waals surface area contributed by atoms with Crippen LogP contribution in [0.4, 0.5) is 0 Å². The van der Waals surface area contributed by atoms with Gasteiger partial charge in [0, 0.05) is 11.8 Å². The highest BCUT2D eigenvalue weighted by Gasteiger charge is 2.17. The van der Waals surface area contributed by atoms with Gasteiger partial charge in [-0.1, -0.05) is 18.2 Å². The third-order valence-corrected chi connectivity index (χ3v) is 3.10. The number of hydrogen-bond donors (Lipinski definition) is 1. The first-order chi connectivity index (χ1) is 9.80. The average Bonchev–Trinajstić information content (AvgIpc) is 2.49. The van der Waals surface area contributed by atoms with Crippen molar-refractivity contribution < 1.29 is 9.47 Å². The second-order valence-corrected chi connectivity index (χ2v) is 4.33. The van der Waals surface area contributed by atoms with Crippen LogP contribution in [0.1, 0.15) is 24.1 Å². The van der Waals surface area contributed by atoms with Crippen molar-refractivity contribution in [2.45, 2.75) is 13.0 Å². The lowest BCUT2D eigenvalue weighted by Gasteiger charge is -2.19. The Kier molecular flexibility index (Phi) is 4.96. The molecule has 106 valence electrons. The minimum atomic E-state index is 0.0130.